The first kappa shape index (κ1) is 13.4. The Bertz CT molecular complexity index is 408. The molecule has 0 radical (unpaired) electrons. The Morgan fingerprint density at radius 1 is 1.50 bits per heavy atom. The molecule has 0 spiro atoms. The third-order valence-corrected chi connectivity index (χ3v) is 3.46. The minimum absolute atomic E-state index is 0.0430. The third kappa shape index (κ3) is 3.72. The Labute approximate surface area is 113 Å². The van der Waals surface area contributed by atoms with Gasteiger partial charge in [-0.2, -0.15) is 0 Å². The van der Waals surface area contributed by atoms with Crippen LogP contribution in [-0.2, 0) is 0 Å². The van der Waals surface area contributed by atoms with Crippen LogP contribution in [0.25, 0.3) is 0 Å². The molecule has 1 fully saturated rings. The van der Waals surface area contributed by atoms with E-state index in [-0.39, 0.29) is 5.91 Å². The minimum Gasteiger partial charge on any atom is -0.352 e. The highest BCUT2D eigenvalue weighted by atomic mass is 35.5. The van der Waals surface area contributed by atoms with Crippen molar-refractivity contribution in [1.29, 1.82) is 0 Å². The van der Waals surface area contributed by atoms with Crippen LogP contribution in [0.5, 0.6) is 0 Å². The molecular weight excluding hydrogens is 248 g/mol. The molecule has 4 heteroatoms. The van der Waals surface area contributed by atoms with Gasteiger partial charge in [-0.15, -0.1) is 0 Å². The van der Waals surface area contributed by atoms with Crippen molar-refractivity contribution >= 4 is 17.5 Å². The summed E-state index contributed by atoms with van der Waals surface area (Å²) in [7, 11) is 0. The maximum atomic E-state index is 11.9. The molecule has 1 saturated heterocycles. The Morgan fingerprint density at radius 3 is 3.00 bits per heavy atom. The number of hydrogen-bond acceptors (Lipinski definition) is 2. The quantitative estimate of drug-likeness (QED) is 0.879. The SMILES string of the molecule is Cc1cc(Cl)cc(C(=O)NCCC2CCCN2)c1. The monoisotopic (exact) mass is 266 g/mol. The number of rotatable bonds is 4. The van der Waals surface area contributed by atoms with E-state index in [1.165, 1.54) is 12.8 Å². The Hall–Kier alpha value is -1.06. The van der Waals surface area contributed by atoms with Crippen LogP contribution in [0, 0.1) is 6.92 Å². The summed E-state index contributed by atoms with van der Waals surface area (Å²) in [5.74, 6) is -0.0430. The number of amides is 1. The van der Waals surface area contributed by atoms with Crippen molar-refractivity contribution in [2.24, 2.45) is 0 Å². The van der Waals surface area contributed by atoms with E-state index in [0.717, 1.165) is 18.5 Å². The molecule has 1 aliphatic heterocycles. The normalized spacial score (nSPS) is 18.9. The summed E-state index contributed by atoms with van der Waals surface area (Å²) >= 11 is 5.94. The van der Waals surface area contributed by atoms with Gasteiger partial charge in [-0.3, -0.25) is 4.79 Å². The summed E-state index contributed by atoms with van der Waals surface area (Å²) in [6, 6.07) is 5.97. The number of aryl methyl sites for hydroxylation is 1. The second kappa shape index (κ2) is 6.21. The van der Waals surface area contributed by atoms with Crippen molar-refractivity contribution in [3.05, 3.63) is 34.3 Å². The van der Waals surface area contributed by atoms with E-state index in [0.29, 0.717) is 23.2 Å². The predicted molar refractivity (Wildman–Crippen MR) is 74.2 cm³/mol. The second-order valence-electron chi connectivity index (χ2n) is 4.86. The van der Waals surface area contributed by atoms with Gasteiger partial charge in [0.2, 0.25) is 0 Å². The zero-order chi connectivity index (χ0) is 13.0. The lowest BCUT2D eigenvalue weighted by Gasteiger charge is -2.11. The van der Waals surface area contributed by atoms with Crippen LogP contribution >= 0.6 is 11.6 Å². The van der Waals surface area contributed by atoms with Crippen molar-refractivity contribution in [2.45, 2.75) is 32.2 Å². The van der Waals surface area contributed by atoms with Gasteiger partial charge in [0.15, 0.2) is 0 Å². The van der Waals surface area contributed by atoms with Crippen LogP contribution in [0.3, 0.4) is 0 Å². The van der Waals surface area contributed by atoms with Crippen molar-refractivity contribution in [2.75, 3.05) is 13.1 Å². The van der Waals surface area contributed by atoms with Gasteiger partial charge in [0, 0.05) is 23.2 Å². The third-order valence-electron chi connectivity index (χ3n) is 3.25. The van der Waals surface area contributed by atoms with Crippen molar-refractivity contribution in [1.82, 2.24) is 10.6 Å². The summed E-state index contributed by atoms with van der Waals surface area (Å²) in [5.41, 5.74) is 1.64. The number of carbonyl (C=O) groups excluding carboxylic acids is 1. The summed E-state index contributed by atoms with van der Waals surface area (Å²) < 4.78 is 0. The Balaban J connectivity index is 1.83. The minimum atomic E-state index is -0.0430. The lowest BCUT2D eigenvalue weighted by atomic mass is 10.1. The highest BCUT2D eigenvalue weighted by Crippen LogP contribution is 2.14. The molecule has 1 aromatic rings. The molecule has 0 aliphatic carbocycles. The van der Waals surface area contributed by atoms with Crippen molar-refractivity contribution in [3.63, 3.8) is 0 Å². The van der Waals surface area contributed by atoms with E-state index in [1.54, 1.807) is 6.07 Å². The van der Waals surface area contributed by atoms with Crippen LogP contribution in [0.15, 0.2) is 18.2 Å². The fraction of sp³-hybridized carbons (Fsp3) is 0.500. The summed E-state index contributed by atoms with van der Waals surface area (Å²) in [5, 5.41) is 6.97. The van der Waals surface area contributed by atoms with E-state index in [2.05, 4.69) is 10.6 Å². The van der Waals surface area contributed by atoms with Gasteiger partial charge in [-0.25, -0.2) is 0 Å². The molecule has 98 valence electrons. The van der Waals surface area contributed by atoms with E-state index in [1.807, 2.05) is 19.1 Å². The Kier molecular flexibility index (Phi) is 4.61. The van der Waals surface area contributed by atoms with E-state index < -0.39 is 0 Å². The van der Waals surface area contributed by atoms with E-state index in [4.69, 9.17) is 11.6 Å². The second-order valence-corrected chi connectivity index (χ2v) is 5.29. The highest BCUT2D eigenvalue weighted by Gasteiger charge is 2.14. The maximum absolute atomic E-state index is 11.9. The van der Waals surface area contributed by atoms with Crippen molar-refractivity contribution in [3.8, 4) is 0 Å². The van der Waals surface area contributed by atoms with E-state index >= 15 is 0 Å². The van der Waals surface area contributed by atoms with Crippen LogP contribution < -0.4 is 10.6 Å². The smallest absolute Gasteiger partial charge is 0.251 e. The number of nitrogens with one attached hydrogen (secondary N) is 2. The molecule has 0 saturated carbocycles. The van der Waals surface area contributed by atoms with Crippen LogP contribution in [0.1, 0.15) is 35.2 Å². The number of carbonyl (C=O) groups is 1. The van der Waals surface area contributed by atoms with Crippen LogP contribution in [0.4, 0.5) is 0 Å². The fourth-order valence-electron chi connectivity index (χ4n) is 2.33. The molecular formula is C14H19ClN2O. The average Bonchev–Trinajstić information content (AvgIpc) is 2.80. The molecule has 2 rings (SSSR count). The molecule has 1 atom stereocenters. The lowest BCUT2D eigenvalue weighted by molar-refractivity contribution is 0.0952. The van der Waals surface area contributed by atoms with Gasteiger partial charge < -0.3 is 10.6 Å². The molecule has 1 heterocycles. The summed E-state index contributed by atoms with van der Waals surface area (Å²) in [6.07, 6.45) is 3.45. The van der Waals surface area contributed by atoms with Crippen molar-refractivity contribution < 1.29 is 4.79 Å². The topological polar surface area (TPSA) is 41.1 Å². The molecule has 1 aliphatic rings. The maximum Gasteiger partial charge on any atom is 0.251 e. The van der Waals surface area contributed by atoms with Gasteiger partial charge >= 0.3 is 0 Å². The van der Waals surface area contributed by atoms with Gasteiger partial charge in [0.05, 0.1) is 0 Å². The lowest BCUT2D eigenvalue weighted by Crippen LogP contribution is -2.30. The zero-order valence-electron chi connectivity index (χ0n) is 10.6. The predicted octanol–water partition coefficient (Wildman–Crippen LogP) is 2.52. The number of hydrogen-bond donors (Lipinski definition) is 2. The molecule has 2 N–H and O–H groups in total. The van der Waals surface area contributed by atoms with Gasteiger partial charge in [0.1, 0.15) is 0 Å². The van der Waals surface area contributed by atoms with Crippen LogP contribution in [-0.4, -0.2) is 25.0 Å². The first-order valence-corrected chi connectivity index (χ1v) is 6.82. The molecule has 0 aromatic heterocycles. The highest BCUT2D eigenvalue weighted by molar-refractivity contribution is 6.31. The molecule has 0 bridgehead atoms. The molecule has 3 nitrogen and oxygen atoms in total. The Morgan fingerprint density at radius 2 is 2.33 bits per heavy atom. The summed E-state index contributed by atoms with van der Waals surface area (Å²) in [4.78, 5) is 11.9. The first-order valence-electron chi connectivity index (χ1n) is 6.44. The number of benzene rings is 1. The van der Waals surface area contributed by atoms with E-state index in [9.17, 15) is 4.79 Å². The first-order chi connectivity index (χ1) is 8.65. The standard InChI is InChI=1S/C14H19ClN2O/c1-10-7-11(9-12(15)8-10)14(18)17-6-4-13-3-2-5-16-13/h7-9,13,16H,2-6H2,1H3,(H,17,18). The van der Waals surface area contributed by atoms with Gasteiger partial charge in [-0.1, -0.05) is 11.6 Å². The molecule has 18 heavy (non-hydrogen) atoms. The summed E-state index contributed by atoms with van der Waals surface area (Å²) in [6.45, 7) is 3.75. The molecule has 1 aromatic carbocycles. The van der Waals surface area contributed by atoms with Gasteiger partial charge in [0.25, 0.3) is 5.91 Å². The largest absolute Gasteiger partial charge is 0.352 e. The van der Waals surface area contributed by atoms with Crippen LogP contribution in [0.2, 0.25) is 5.02 Å². The number of halogens is 1. The molecule has 1 amide bonds. The average molecular weight is 267 g/mol. The zero-order valence-corrected chi connectivity index (χ0v) is 11.4. The fourth-order valence-corrected chi connectivity index (χ4v) is 2.62. The van der Waals surface area contributed by atoms with Gasteiger partial charge in [-0.05, 0) is 56.5 Å². The molecule has 1 unspecified atom stereocenters.